The lowest BCUT2D eigenvalue weighted by atomic mass is 10.0. The van der Waals surface area contributed by atoms with Gasteiger partial charge >= 0.3 is 6.09 Å². The van der Waals surface area contributed by atoms with Gasteiger partial charge in [0.1, 0.15) is 12.6 Å². The highest BCUT2D eigenvalue weighted by Crippen LogP contribution is 2.28. The molecule has 3 aromatic rings. The number of hydrogen-bond acceptors (Lipinski definition) is 5. The molecule has 2 N–H and O–H groups in total. The van der Waals surface area contributed by atoms with Crippen LogP contribution in [0.5, 0.6) is 0 Å². The summed E-state index contributed by atoms with van der Waals surface area (Å²) in [5.41, 5.74) is 4.89. The first-order valence-electron chi connectivity index (χ1n) is 11.9. The summed E-state index contributed by atoms with van der Waals surface area (Å²) in [5.74, 6) is -1.02. The average molecular weight is 518 g/mol. The quantitative estimate of drug-likeness (QED) is 0.477. The van der Waals surface area contributed by atoms with Crippen LogP contribution in [0.1, 0.15) is 39.9 Å². The zero-order chi connectivity index (χ0) is 25.9. The third-order valence-corrected chi connectivity index (χ3v) is 6.76. The highest BCUT2D eigenvalue weighted by Gasteiger charge is 2.39. The van der Waals surface area contributed by atoms with Crippen LogP contribution in [0.2, 0.25) is 5.02 Å². The maximum Gasteiger partial charge on any atom is 0.407 e. The lowest BCUT2D eigenvalue weighted by Gasteiger charge is -2.29. The summed E-state index contributed by atoms with van der Waals surface area (Å²) < 4.78 is 5.37. The third-order valence-electron chi connectivity index (χ3n) is 6.50. The lowest BCUT2D eigenvalue weighted by Crippen LogP contribution is -2.52. The van der Waals surface area contributed by atoms with Crippen LogP contribution in [0.4, 0.5) is 4.79 Å². The van der Waals surface area contributed by atoms with Crippen molar-refractivity contribution < 1.29 is 23.9 Å². The number of ether oxygens (including phenoxy) is 1. The molecule has 0 bridgehead atoms. The van der Waals surface area contributed by atoms with E-state index in [0.717, 1.165) is 27.8 Å². The smallest absolute Gasteiger partial charge is 0.407 e. The van der Waals surface area contributed by atoms with Crippen LogP contribution in [0, 0.1) is 0 Å². The number of nitrogens with one attached hydrogen (secondary N) is 2. The minimum atomic E-state index is -0.660. The van der Waals surface area contributed by atoms with E-state index in [9.17, 15) is 19.2 Å². The van der Waals surface area contributed by atoms with Gasteiger partial charge in [-0.3, -0.25) is 19.7 Å². The Hall–Kier alpha value is -4.17. The Morgan fingerprint density at radius 2 is 1.81 bits per heavy atom. The number of amides is 4. The van der Waals surface area contributed by atoms with Crippen LogP contribution < -0.4 is 10.6 Å². The van der Waals surface area contributed by atoms with E-state index in [2.05, 4.69) is 10.6 Å². The molecule has 37 heavy (non-hydrogen) atoms. The van der Waals surface area contributed by atoms with E-state index >= 15 is 0 Å². The van der Waals surface area contributed by atoms with Crippen molar-refractivity contribution in [2.45, 2.75) is 38.6 Å². The largest absolute Gasteiger partial charge is 0.445 e. The molecule has 1 fully saturated rings. The zero-order valence-corrected chi connectivity index (χ0v) is 20.6. The van der Waals surface area contributed by atoms with Gasteiger partial charge < -0.3 is 15.0 Å². The summed E-state index contributed by atoms with van der Waals surface area (Å²) >= 11 is 5.96. The van der Waals surface area contributed by atoms with Crippen LogP contribution in [-0.4, -0.2) is 34.8 Å². The number of carbonyl (C=O) groups excluding carboxylic acids is 4. The molecular formula is C28H24ClN3O5. The van der Waals surface area contributed by atoms with Gasteiger partial charge in [0.15, 0.2) is 0 Å². The zero-order valence-electron chi connectivity index (χ0n) is 19.8. The van der Waals surface area contributed by atoms with E-state index < -0.39 is 18.0 Å². The van der Waals surface area contributed by atoms with E-state index in [1.807, 2.05) is 60.7 Å². The Morgan fingerprint density at radius 1 is 1.00 bits per heavy atom. The third kappa shape index (κ3) is 5.49. The van der Waals surface area contributed by atoms with Gasteiger partial charge in [-0.05, 0) is 58.5 Å². The van der Waals surface area contributed by atoms with Crippen molar-refractivity contribution in [1.82, 2.24) is 15.5 Å². The fourth-order valence-electron chi connectivity index (χ4n) is 4.57. The highest BCUT2D eigenvalue weighted by molar-refractivity contribution is 6.30. The Balaban J connectivity index is 1.15. The number of fused-ring (bicyclic) bond motifs is 1. The van der Waals surface area contributed by atoms with Crippen LogP contribution in [0.15, 0.2) is 66.7 Å². The highest BCUT2D eigenvalue weighted by atomic mass is 35.5. The number of halogens is 1. The molecule has 8 nitrogen and oxygen atoms in total. The van der Waals surface area contributed by atoms with Crippen molar-refractivity contribution in [3.63, 3.8) is 0 Å². The van der Waals surface area contributed by atoms with Crippen LogP contribution >= 0.6 is 11.6 Å². The molecule has 9 heteroatoms. The molecule has 0 aliphatic carbocycles. The predicted octanol–water partition coefficient (Wildman–Crippen LogP) is 4.19. The first-order chi connectivity index (χ1) is 17.9. The molecule has 0 saturated carbocycles. The number of imide groups is 1. The molecule has 2 heterocycles. The number of rotatable bonds is 6. The van der Waals surface area contributed by atoms with Crippen molar-refractivity contribution in [2.75, 3.05) is 0 Å². The van der Waals surface area contributed by atoms with Crippen LogP contribution in [0.25, 0.3) is 11.1 Å². The summed E-state index contributed by atoms with van der Waals surface area (Å²) in [4.78, 5) is 50.4. The monoisotopic (exact) mass is 517 g/mol. The summed E-state index contributed by atoms with van der Waals surface area (Å²) in [5, 5.41) is 5.67. The molecule has 4 amide bonds. The van der Waals surface area contributed by atoms with E-state index in [4.69, 9.17) is 16.3 Å². The minimum Gasteiger partial charge on any atom is -0.445 e. The molecule has 1 unspecified atom stereocenters. The number of nitrogens with zero attached hydrogens (tertiary/aromatic N) is 1. The maximum absolute atomic E-state index is 13.0. The molecule has 0 spiro atoms. The second-order valence-electron chi connectivity index (χ2n) is 9.03. The first-order valence-corrected chi connectivity index (χ1v) is 12.3. The van der Waals surface area contributed by atoms with Gasteiger partial charge in [-0.25, -0.2) is 4.79 Å². The molecular weight excluding hydrogens is 494 g/mol. The number of piperidine rings is 1. The molecule has 188 valence electrons. The number of hydrogen-bond donors (Lipinski definition) is 2. The Bertz CT molecular complexity index is 1390. The van der Waals surface area contributed by atoms with Gasteiger partial charge in [0.25, 0.3) is 5.91 Å². The number of alkyl carbamates (subject to hydrolysis) is 1. The average Bonchev–Trinajstić information content (AvgIpc) is 3.22. The fraction of sp³-hybridized carbons (Fsp3) is 0.214. The Labute approximate surface area is 218 Å². The van der Waals surface area contributed by atoms with Gasteiger partial charge in [-0.1, -0.05) is 54.1 Å². The summed E-state index contributed by atoms with van der Waals surface area (Å²) in [6, 6.07) is 19.9. The molecule has 1 atom stereocenters. The molecule has 0 aromatic heterocycles. The van der Waals surface area contributed by atoms with E-state index in [1.54, 1.807) is 6.07 Å². The van der Waals surface area contributed by atoms with Gasteiger partial charge in [0, 0.05) is 30.1 Å². The first kappa shape index (κ1) is 24.5. The van der Waals surface area contributed by atoms with E-state index in [1.165, 1.54) is 4.90 Å². The Morgan fingerprint density at radius 3 is 2.59 bits per heavy atom. The van der Waals surface area contributed by atoms with Crippen molar-refractivity contribution in [3.8, 4) is 11.1 Å². The maximum atomic E-state index is 13.0. The van der Waals surface area contributed by atoms with Crippen LogP contribution in [-0.2, 0) is 34.0 Å². The van der Waals surface area contributed by atoms with Crippen molar-refractivity contribution in [3.05, 3.63) is 94.0 Å². The number of carbonyl (C=O) groups is 4. The SMILES string of the molecule is O=C1CCC(N2Cc3ccc(CNC(=O)OCc4cccc(-c5ccc(Cl)cc5)c4)cc3C2=O)C(=O)N1. The second kappa shape index (κ2) is 10.4. The predicted molar refractivity (Wildman–Crippen MR) is 136 cm³/mol. The second-order valence-corrected chi connectivity index (χ2v) is 9.46. The lowest BCUT2D eigenvalue weighted by molar-refractivity contribution is -0.136. The van der Waals surface area contributed by atoms with E-state index in [-0.39, 0.29) is 31.4 Å². The van der Waals surface area contributed by atoms with Gasteiger partial charge in [-0.15, -0.1) is 0 Å². The van der Waals surface area contributed by atoms with Crippen molar-refractivity contribution in [1.29, 1.82) is 0 Å². The van der Waals surface area contributed by atoms with Gasteiger partial charge in [0.05, 0.1) is 0 Å². The van der Waals surface area contributed by atoms with Gasteiger partial charge in [0.2, 0.25) is 11.8 Å². The number of benzene rings is 3. The molecule has 2 aliphatic rings. The van der Waals surface area contributed by atoms with E-state index in [0.29, 0.717) is 23.6 Å². The molecule has 1 saturated heterocycles. The van der Waals surface area contributed by atoms with Crippen molar-refractivity contribution >= 4 is 35.4 Å². The Kier molecular flexibility index (Phi) is 6.92. The fourth-order valence-corrected chi connectivity index (χ4v) is 4.69. The summed E-state index contributed by atoms with van der Waals surface area (Å²) in [6.07, 6.45) is -0.0548. The summed E-state index contributed by atoms with van der Waals surface area (Å²) in [6.45, 7) is 0.602. The van der Waals surface area contributed by atoms with Crippen LogP contribution in [0.3, 0.4) is 0 Å². The molecule has 3 aromatic carbocycles. The molecule has 0 radical (unpaired) electrons. The van der Waals surface area contributed by atoms with Gasteiger partial charge in [-0.2, -0.15) is 0 Å². The summed E-state index contributed by atoms with van der Waals surface area (Å²) in [7, 11) is 0. The van der Waals surface area contributed by atoms with Crippen molar-refractivity contribution in [2.24, 2.45) is 0 Å². The topological polar surface area (TPSA) is 105 Å². The minimum absolute atomic E-state index is 0.108. The molecule has 5 rings (SSSR count). The molecule has 2 aliphatic heterocycles. The normalized spacial score (nSPS) is 16.8. The standard InChI is InChI=1S/C28H24ClN3O5/c29-22-8-6-19(7-9-22)20-3-1-2-18(12-20)16-37-28(36)30-14-17-4-5-21-15-32(27(35)23(21)13-17)24-10-11-25(33)31-26(24)34/h1-9,12-13,24H,10-11,14-16H2,(H,30,36)(H,31,33,34).